The molecule has 0 aliphatic carbocycles. The first-order valence-corrected chi connectivity index (χ1v) is 10.2. The van der Waals surface area contributed by atoms with E-state index < -0.39 is 0 Å². The number of rotatable bonds is 9. The second kappa shape index (κ2) is 10.9. The molecule has 4 heteroatoms. The summed E-state index contributed by atoms with van der Waals surface area (Å²) in [5.74, 6) is 0.711. The van der Waals surface area contributed by atoms with Crippen molar-refractivity contribution in [2.24, 2.45) is 0 Å². The van der Waals surface area contributed by atoms with Gasteiger partial charge in [-0.2, -0.15) is 0 Å². The second-order valence-corrected chi connectivity index (χ2v) is 7.23. The Morgan fingerprint density at radius 3 is 1.96 bits per heavy atom. The van der Waals surface area contributed by atoms with Gasteiger partial charge < -0.3 is 10.2 Å². The van der Waals surface area contributed by atoms with Gasteiger partial charge in [-0.15, -0.1) is 24.0 Å². The Morgan fingerprint density at radius 2 is 1.44 bits per heavy atom. The van der Waals surface area contributed by atoms with E-state index in [1.807, 2.05) is 0 Å². The summed E-state index contributed by atoms with van der Waals surface area (Å²) in [6, 6.07) is 17.6. The summed E-state index contributed by atoms with van der Waals surface area (Å²) >= 11 is 5.86. The molecule has 27 heavy (non-hydrogen) atoms. The van der Waals surface area contributed by atoms with Gasteiger partial charge in [-0.05, 0) is 65.7 Å². The van der Waals surface area contributed by atoms with Crippen LogP contribution in [0.1, 0.15) is 24.5 Å². The maximum Gasteiger partial charge on any atom is 0.0351 e. The molecule has 146 valence electrons. The highest BCUT2D eigenvalue weighted by molar-refractivity contribution is 6.18. The van der Waals surface area contributed by atoms with Crippen LogP contribution in [0.2, 0.25) is 0 Å². The number of fused-ring (bicyclic) bond motifs is 2. The lowest BCUT2D eigenvalue weighted by molar-refractivity contribution is 0.299. The van der Waals surface area contributed by atoms with Crippen LogP contribution in [0.3, 0.4) is 0 Å². The second-order valence-electron chi connectivity index (χ2n) is 6.85. The van der Waals surface area contributed by atoms with Gasteiger partial charge in [0.25, 0.3) is 0 Å². The van der Waals surface area contributed by atoms with Crippen molar-refractivity contribution in [1.82, 2.24) is 10.2 Å². The smallest absolute Gasteiger partial charge is 0.0351 e. The summed E-state index contributed by atoms with van der Waals surface area (Å²) in [6.07, 6.45) is 1.15. The predicted molar refractivity (Wildman–Crippen MR) is 123 cm³/mol. The van der Waals surface area contributed by atoms with Crippen molar-refractivity contribution in [3.05, 3.63) is 59.7 Å². The van der Waals surface area contributed by atoms with Crippen LogP contribution < -0.4 is 5.32 Å². The molecule has 2 nitrogen and oxygen atoms in total. The van der Waals surface area contributed by atoms with Gasteiger partial charge >= 0.3 is 0 Å². The number of nitrogens with one attached hydrogen (secondary N) is 1. The van der Waals surface area contributed by atoms with Crippen LogP contribution >= 0.6 is 24.0 Å². The average molecular weight is 405 g/mol. The first-order chi connectivity index (χ1) is 12.8. The third kappa shape index (κ3) is 5.14. The van der Waals surface area contributed by atoms with Gasteiger partial charge in [-0.25, -0.2) is 0 Å². The lowest BCUT2D eigenvalue weighted by atomic mass is 9.92. The molecule has 0 aliphatic rings. The Kier molecular flexibility index (Phi) is 8.85. The summed E-state index contributed by atoms with van der Waals surface area (Å²) in [6.45, 7) is 9.51. The molecular formula is C23H30Cl2N2. The summed E-state index contributed by atoms with van der Waals surface area (Å²) in [7, 11) is 0. The molecule has 0 fully saturated rings. The van der Waals surface area contributed by atoms with E-state index >= 15 is 0 Å². The van der Waals surface area contributed by atoms with Crippen molar-refractivity contribution >= 4 is 45.6 Å². The number of nitrogens with zero attached hydrogens (tertiary/aromatic N) is 1. The molecule has 0 spiro atoms. The largest absolute Gasteiger partial charge is 0.313 e. The molecule has 0 heterocycles. The molecule has 0 saturated heterocycles. The molecule has 0 aromatic heterocycles. The van der Waals surface area contributed by atoms with E-state index in [0.717, 1.165) is 39.1 Å². The van der Waals surface area contributed by atoms with Gasteiger partial charge in [0, 0.05) is 19.0 Å². The Balaban J connectivity index is 0.00000261. The fourth-order valence-electron chi connectivity index (χ4n) is 3.82. The van der Waals surface area contributed by atoms with E-state index in [1.165, 1.54) is 32.7 Å². The lowest BCUT2D eigenvalue weighted by Crippen LogP contribution is -2.29. The zero-order valence-corrected chi connectivity index (χ0v) is 17.9. The van der Waals surface area contributed by atoms with E-state index in [-0.39, 0.29) is 12.4 Å². The normalized spacial score (nSPS) is 11.3. The van der Waals surface area contributed by atoms with Crippen LogP contribution in [0.15, 0.2) is 48.5 Å². The minimum Gasteiger partial charge on any atom is -0.313 e. The molecular weight excluding hydrogens is 375 g/mol. The average Bonchev–Trinajstić information content (AvgIpc) is 2.69. The molecule has 0 amide bonds. The number of alkyl halides is 1. The first kappa shape index (κ1) is 22.0. The van der Waals surface area contributed by atoms with Gasteiger partial charge in [0.1, 0.15) is 0 Å². The molecule has 0 unspecified atom stereocenters. The summed E-state index contributed by atoms with van der Waals surface area (Å²) in [4.78, 5) is 2.41. The third-order valence-corrected chi connectivity index (χ3v) is 5.46. The van der Waals surface area contributed by atoms with Gasteiger partial charge in [0.05, 0.1) is 0 Å². The quantitative estimate of drug-likeness (QED) is 0.276. The number of aryl methyl sites for hydroxylation is 1. The zero-order valence-electron chi connectivity index (χ0n) is 16.3. The summed E-state index contributed by atoms with van der Waals surface area (Å²) in [5.41, 5.74) is 2.79. The highest BCUT2D eigenvalue weighted by Gasteiger charge is 2.10. The van der Waals surface area contributed by atoms with Crippen LogP contribution in [0.25, 0.3) is 21.5 Å². The molecule has 0 bridgehead atoms. The number of hydrogen-bond donors (Lipinski definition) is 1. The lowest BCUT2D eigenvalue weighted by Gasteiger charge is -2.19. The molecule has 0 saturated carbocycles. The molecule has 3 rings (SSSR count). The number of hydrogen-bond acceptors (Lipinski definition) is 2. The maximum absolute atomic E-state index is 5.86. The highest BCUT2D eigenvalue weighted by atomic mass is 35.5. The Hall–Kier alpha value is -1.32. The van der Waals surface area contributed by atoms with Crippen molar-refractivity contribution < 1.29 is 0 Å². The van der Waals surface area contributed by atoms with Gasteiger partial charge in [0.15, 0.2) is 0 Å². The molecule has 1 N–H and O–H groups in total. The third-order valence-electron chi connectivity index (χ3n) is 5.29. The Morgan fingerprint density at radius 1 is 0.889 bits per heavy atom. The molecule has 3 aromatic rings. The summed E-state index contributed by atoms with van der Waals surface area (Å²) < 4.78 is 0. The zero-order chi connectivity index (χ0) is 18.4. The van der Waals surface area contributed by atoms with Crippen molar-refractivity contribution in [2.45, 2.75) is 26.8 Å². The topological polar surface area (TPSA) is 15.3 Å². The number of benzene rings is 3. The van der Waals surface area contributed by atoms with Crippen molar-refractivity contribution in [3.63, 3.8) is 0 Å². The summed E-state index contributed by atoms with van der Waals surface area (Å²) in [5, 5.41) is 9.13. The van der Waals surface area contributed by atoms with Crippen molar-refractivity contribution in [2.75, 3.05) is 32.1 Å². The fourth-order valence-corrected chi connectivity index (χ4v) is 4.05. The van der Waals surface area contributed by atoms with Crippen molar-refractivity contribution in [3.8, 4) is 0 Å². The highest BCUT2D eigenvalue weighted by Crippen LogP contribution is 2.32. The molecule has 0 radical (unpaired) electrons. The van der Waals surface area contributed by atoms with Crippen molar-refractivity contribution in [1.29, 1.82) is 0 Å². The van der Waals surface area contributed by atoms with E-state index in [1.54, 1.807) is 0 Å². The van der Waals surface area contributed by atoms with Gasteiger partial charge in [-0.1, -0.05) is 55.5 Å². The SMILES string of the molecule is CCN(CCCl)CCCNCc1c2ccccc2c(C)c2ccccc12.Cl. The predicted octanol–water partition coefficient (Wildman–Crippen LogP) is 5.76. The Bertz CT molecular complexity index is 806. The standard InChI is InChI=1S/C23H29ClN2.ClH/c1-3-26(16-13-24)15-8-14-25-17-23-21-11-6-4-9-19(21)18(2)20-10-5-7-12-22(20)23;/h4-7,9-12,25H,3,8,13-17H2,1-2H3;1H. The minimum absolute atomic E-state index is 0. The van der Waals surface area contributed by atoms with Crippen LogP contribution in [-0.2, 0) is 6.54 Å². The van der Waals surface area contributed by atoms with Gasteiger partial charge in [0.2, 0.25) is 0 Å². The van der Waals surface area contributed by atoms with E-state index in [4.69, 9.17) is 11.6 Å². The molecule has 3 aromatic carbocycles. The fraction of sp³-hybridized carbons (Fsp3) is 0.391. The van der Waals surface area contributed by atoms with E-state index in [9.17, 15) is 0 Å². The van der Waals surface area contributed by atoms with Crippen LogP contribution in [0.4, 0.5) is 0 Å². The number of halogens is 2. The first-order valence-electron chi connectivity index (χ1n) is 9.64. The maximum atomic E-state index is 5.86. The molecule has 0 atom stereocenters. The van der Waals surface area contributed by atoms with Crippen LogP contribution in [0, 0.1) is 6.92 Å². The van der Waals surface area contributed by atoms with Gasteiger partial charge in [-0.3, -0.25) is 0 Å². The Labute approximate surface area is 174 Å². The van der Waals surface area contributed by atoms with Crippen LogP contribution in [-0.4, -0.2) is 37.0 Å². The van der Waals surface area contributed by atoms with Crippen LogP contribution in [0.5, 0.6) is 0 Å². The van der Waals surface area contributed by atoms with E-state index in [2.05, 4.69) is 72.6 Å². The van der Waals surface area contributed by atoms with E-state index in [0.29, 0.717) is 5.88 Å². The monoisotopic (exact) mass is 404 g/mol. The minimum atomic E-state index is 0. The molecule has 0 aliphatic heterocycles.